The van der Waals surface area contributed by atoms with Gasteiger partial charge in [0.1, 0.15) is 19.8 Å². The Morgan fingerprint density at radius 2 is 1.00 bits per heavy atom. The molecule has 0 heterocycles. The van der Waals surface area contributed by atoms with Gasteiger partial charge in [-0.2, -0.15) is 0 Å². The molecule has 0 saturated carbocycles. The fourth-order valence-electron chi connectivity index (χ4n) is 1.52. The third-order valence-electron chi connectivity index (χ3n) is 2.97. The number of alkyl carbamates (subject to hydrolysis) is 1. The molecule has 29 heavy (non-hydrogen) atoms. The van der Waals surface area contributed by atoms with Crippen LogP contribution < -0.4 is 5.32 Å². The minimum absolute atomic E-state index is 0.0397. The van der Waals surface area contributed by atoms with Crippen molar-refractivity contribution in [3.8, 4) is 0 Å². The largest absolute Gasteiger partial charge is 0.460 e. The second kappa shape index (κ2) is 17.7. The summed E-state index contributed by atoms with van der Waals surface area (Å²) in [4.78, 5) is 33.6. The molecule has 1 N–H and O–H groups in total. The Morgan fingerprint density at radius 1 is 0.621 bits per heavy atom. The van der Waals surface area contributed by atoms with E-state index in [1.165, 1.54) is 6.92 Å². The minimum Gasteiger partial charge on any atom is -0.460 e. The Morgan fingerprint density at radius 3 is 1.45 bits per heavy atom. The van der Waals surface area contributed by atoms with Crippen LogP contribution in [0, 0.1) is 0 Å². The number of nitrogens with one attached hydrogen (secondary N) is 1. The van der Waals surface area contributed by atoms with Crippen molar-refractivity contribution in [1.82, 2.24) is 5.32 Å². The lowest BCUT2D eigenvalue weighted by atomic mass is 10.4. The highest BCUT2D eigenvalue weighted by atomic mass is 16.6. The van der Waals surface area contributed by atoms with Gasteiger partial charge < -0.3 is 33.7 Å². The van der Waals surface area contributed by atoms with Crippen molar-refractivity contribution in [2.45, 2.75) is 13.8 Å². The predicted octanol–water partition coefficient (Wildman–Crippen LogP) is 1.00. The van der Waals surface area contributed by atoms with Crippen molar-refractivity contribution in [3.63, 3.8) is 0 Å². The molecule has 0 rings (SSSR count). The number of hydrogen-bond donors (Lipinski definition) is 1. The lowest BCUT2D eigenvalue weighted by molar-refractivity contribution is -0.140. The van der Waals surface area contributed by atoms with E-state index in [4.69, 9.17) is 28.4 Å². The molecule has 10 nitrogen and oxygen atoms in total. The summed E-state index contributed by atoms with van der Waals surface area (Å²) in [6.07, 6.45) is -0.623. The van der Waals surface area contributed by atoms with Crippen molar-refractivity contribution in [3.05, 3.63) is 24.3 Å². The van der Waals surface area contributed by atoms with E-state index in [2.05, 4.69) is 18.5 Å². The molecule has 0 saturated heterocycles. The van der Waals surface area contributed by atoms with E-state index < -0.39 is 18.0 Å². The van der Waals surface area contributed by atoms with Gasteiger partial charge in [-0.05, 0) is 13.8 Å². The molecule has 0 bridgehead atoms. The van der Waals surface area contributed by atoms with Crippen LogP contribution in [0.2, 0.25) is 0 Å². The van der Waals surface area contributed by atoms with Gasteiger partial charge in [-0.25, -0.2) is 14.4 Å². The maximum atomic E-state index is 11.4. The van der Waals surface area contributed by atoms with Crippen molar-refractivity contribution in [1.29, 1.82) is 0 Å². The summed E-state index contributed by atoms with van der Waals surface area (Å²) in [5.41, 5.74) is 0.642. The second-order valence-corrected chi connectivity index (χ2v) is 5.73. The van der Waals surface area contributed by atoms with Crippen LogP contribution in [0.1, 0.15) is 13.8 Å². The van der Waals surface area contributed by atoms with Crippen LogP contribution in [-0.4, -0.2) is 84.0 Å². The van der Waals surface area contributed by atoms with Crippen molar-refractivity contribution in [2.24, 2.45) is 0 Å². The van der Waals surface area contributed by atoms with Crippen molar-refractivity contribution < 1.29 is 42.8 Å². The summed E-state index contributed by atoms with van der Waals surface area (Å²) in [6, 6.07) is 0. The van der Waals surface area contributed by atoms with Crippen LogP contribution in [0.15, 0.2) is 24.3 Å². The smallest absolute Gasteiger partial charge is 0.407 e. The summed E-state index contributed by atoms with van der Waals surface area (Å²) in [5, 5.41) is 2.43. The summed E-state index contributed by atoms with van der Waals surface area (Å²) in [5.74, 6) is -0.945. The van der Waals surface area contributed by atoms with Gasteiger partial charge in [0.15, 0.2) is 0 Å². The van der Waals surface area contributed by atoms with Gasteiger partial charge in [0.25, 0.3) is 0 Å². The molecule has 0 atom stereocenters. The number of esters is 2. The fourth-order valence-corrected chi connectivity index (χ4v) is 1.52. The van der Waals surface area contributed by atoms with E-state index >= 15 is 0 Å². The van der Waals surface area contributed by atoms with E-state index in [1.807, 2.05) is 0 Å². The Labute approximate surface area is 171 Å². The van der Waals surface area contributed by atoms with E-state index in [1.54, 1.807) is 6.92 Å². The highest BCUT2D eigenvalue weighted by Crippen LogP contribution is 1.92. The molecular formula is C19H31NO9. The summed E-state index contributed by atoms with van der Waals surface area (Å²) < 4.78 is 30.3. The average Bonchev–Trinajstić information content (AvgIpc) is 2.68. The topological polar surface area (TPSA) is 119 Å². The maximum absolute atomic E-state index is 11.4. The van der Waals surface area contributed by atoms with Crippen LogP contribution in [-0.2, 0) is 38.0 Å². The Hall–Kier alpha value is -2.43. The molecule has 0 radical (unpaired) electrons. The van der Waals surface area contributed by atoms with E-state index in [0.29, 0.717) is 37.6 Å². The number of rotatable bonds is 17. The van der Waals surface area contributed by atoms with Crippen LogP contribution >= 0.6 is 0 Å². The number of ether oxygens (including phenoxy) is 6. The van der Waals surface area contributed by atoms with Gasteiger partial charge in [0.05, 0.1) is 46.2 Å². The lowest BCUT2D eigenvalue weighted by Crippen LogP contribution is -2.29. The third-order valence-corrected chi connectivity index (χ3v) is 2.97. The van der Waals surface area contributed by atoms with Crippen molar-refractivity contribution in [2.75, 3.05) is 66.0 Å². The Balaban J connectivity index is 3.29. The molecule has 0 aliphatic carbocycles. The van der Waals surface area contributed by atoms with Gasteiger partial charge in [-0.3, -0.25) is 0 Å². The van der Waals surface area contributed by atoms with Crippen LogP contribution in [0.3, 0.4) is 0 Å². The fraction of sp³-hybridized carbons (Fsp3) is 0.632. The summed E-state index contributed by atoms with van der Waals surface area (Å²) >= 11 is 0. The Bertz CT molecular complexity index is 534. The zero-order valence-electron chi connectivity index (χ0n) is 17.2. The van der Waals surface area contributed by atoms with E-state index in [-0.39, 0.29) is 39.6 Å². The second-order valence-electron chi connectivity index (χ2n) is 5.73. The van der Waals surface area contributed by atoms with Gasteiger partial charge in [0.2, 0.25) is 0 Å². The molecule has 1 amide bonds. The van der Waals surface area contributed by atoms with E-state index in [0.717, 1.165) is 0 Å². The van der Waals surface area contributed by atoms with Gasteiger partial charge in [0, 0.05) is 11.1 Å². The predicted molar refractivity (Wildman–Crippen MR) is 103 cm³/mol. The molecule has 0 aromatic carbocycles. The highest BCUT2D eigenvalue weighted by molar-refractivity contribution is 5.87. The van der Waals surface area contributed by atoms with Gasteiger partial charge >= 0.3 is 18.0 Å². The first-order chi connectivity index (χ1) is 13.8. The number of hydrogen-bond acceptors (Lipinski definition) is 9. The third kappa shape index (κ3) is 17.4. The number of amides is 1. The highest BCUT2D eigenvalue weighted by Gasteiger charge is 2.05. The molecule has 0 aromatic rings. The monoisotopic (exact) mass is 417 g/mol. The first-order valence-electron chi connectivity index (χ1n) is 9.13. The van der Waals surface area contributed by atoms with E-state index in [9.17, 15) is 14.4 Å². The van der Waals surface area contributed by atoms with Crippen LogP contribution in [0.4, 0.5) is 4.79 Å². The van der Waals surface area contributed by atoms with Crippen LogP contribution in [0.25, 0.3) is 0 Å². The first kappa shape index (κ1) is 26.6. The number of carbonyl (C=O) groups is 3. The van der Waals surface area contributed by atoms with Crippen molar-refractivity contribution >= 4 is 18.0 Å². The molecule has 166 valence electrons. The summed E-state index contributed by atoms with van der Waals surface area (Å²) in [6.45, 7) is 12.4. The molecular weight excluding hydrogens is 386 g/mol. The minimum atomic E-state index is -0.623. The standard InChI is InChI=1S/C19H31NO9/c1-15(2)17(21)27-6-5-20-19(23)29-14-12-26-10-8-24-7-9-25-11-13-28-18(22)16(3)4/h1,3,5-14H2,2,4H3,(H,20,23). The SMILES string of the molecule is C=C(C)C(=O)OCCNC(=O)OCCOCCOCCOCCOC(=O)C(=C)C. The molecule has 0 unspecified atom stereocenters. The zero-order chi connectivity index (χ0) is 21.9. The van der Waals surface area contributed by atoms with Gasteiger partial charge in [-0.15, -0.1) is 0 Å². The maximum Gasteiger partial charge on any atom is 0.407 e. The molecule has 0 aliphatic heterocycles. The quantitative estimate of drug-likeness (QED) is 0.160. The first-order valence-corrected chi connectivity index (χ1v) is 9.13. The number of carbonyl (C=O) groups excluding carboxylic acids is 3. The molecule has 0 aromatic heterocycles. The molecule has 0 fully saturated rings. The zero-order valence-corrected chi connectivity index (χ0v) is 17.2. The Kier molecular flexibility index (Phi) is 16.2. The summed E-state index contributed by atoms with van der Waals surface area (Å²) in [7, 11) is 0. The average molecular weight is 417 g/mol. The molecule has 10 heteroatoms. The van der Waals surface area contributed by atoms with Crippen LogP contribution in [0.5, 0.6) is 0 Å². The normalized spacial score (nSPS) is 10.1. The molecule has 0 aliphatic rings. The lowest BCUT2D eigenvalue weighted by Gasteiger charge is -2.09. The van der Waals surface area contributed by atoms with Gasteiger partial charge in [-0.1, -0.05) is 13.2 Å². The molecule has 0 spiro atoms.